The van der Waals surface area contributed by atoms with Crippen molar-refractivity contribution in [2.45, 2.75) is 46.3 Å². The molecule has 1 aromatic heterocycles. The molecule has 0 saturated carbocycles. The van der Waals surface area contributed by atoms with Crippen LogP contribution in [0.25, 0.3) is 0 Å². The Bertz CT molecular complexity index is 951. The Balaban J connectivity index is 1.57. The summed E-state index contributed by atoms with van der Waals surface area (Å²) in [4.78, 5) is 14.4. The molecule has 1 atom stereocenters. The number of benzene rings is 1. The Morgan fingerprint density at radius 2 is 2.11 bits per heavy atom. The molecule has 2 aliphatic heterocycles. The topological polar surface area (TPSA) is 59.2 Å². The summed E-state index contributed by atoms with van der Waals surface area (Å²) in [7, 11) is 0. The zero-order valence-electron chi connectivity index (χ0n) is 16.7. The van der Waals surface area contributed by atoms with Crippen LogP contribution in [0.2, 0.25) is 0 Å². The van der Waals surface area contributed by atoms with Gasteiger partial charge in [-0.2, -0.15) is 5.10 Å². The van der Waals surface area contributed by atoms with Crippen LogP contribution in [-0.2, 0) is 16.1 Å². The summed E-state index contributed by atoms with van der Waals surface area (Å²) in [6.45, 7) is 8.50. The first-order valence-corrected chi connectivity index (χ1v) is 9.90. The first-order valence-electron chi connectivity index (χ1n) is 9.90. The molecule has 0 N–H and O–H groups in total. The van der Waals surface area contributed by atoms with Crippen molar-refractivity contribution in [2.24, 2.45) is 10.2 Å². The number of anilines is 1. The fourth-order valence-electron chi connectivity index (χ4n) is 4.05. The van der Waals surface area contributed by atoms with Crippen molar-refractivity contribution >= 4 is 23.5 Å². The van der Waals surface area contributed by atoms with Crippen LogP contribution < -0.4 is 4.90 Å². The van der Waals surface area contributed by atoms with Gasteiger partial charge in [-0.3, -0.25) is 4.79 Å². The van der Waals surface area contributed by atoms with E-state index in [0.717, 1.165) is 48.5 Å². The van der Waals surface area contributed by atoms with E-state index in [1.165, 1.54) is 5.69 Å². The molecule has 2 aromatic rings. The summed E-state index contributed by atoms with van der Waals surface area (Å²) >= 11 is 0. The predicted octanol–water partition coefficient (Wildman–Crippen LogP) is 3.47. The van der Waals surface area contributed by atoms with Gasteiger partial charge in [-0.25, -0.2) is 0 Å². The second-order valence-electron chi connectivity index (χ2n) is 7.33. The number of rotatable bonds is 5. The lowest BCUT2D eigenvalue weighted by Gasteiger charge is -2.14. The van der Waals surface area contributed by atoms with Crippen LogP contribution >= 0.6 is 0 Å². The van der Waals surface area contributed by atoms with E-state index in [9.17, 15) is 4.79 Å². The Morgan fingerprint density at radius 3 is 2.86 bits per heavy atom. The zero-order valence-corrected chi connectivity index (χ0v) is 16.7. The SMILES string of the molecule is CCN1C(=O)/C(=N/N=C\c2cc(C)n(C[C@H]3CCCO3)c2C)c2ccccc21. The van der Waals surface area contributed by atoms with Gasteiger partial charge < -0.3 is 14.2 Å². The van der Waals surface area contributed by atoms with Gasteiger partial charge in [-0.15, -0.1) is 5.10 Å². The van der Waals surface area contributed by atoms with Gasteiger partial charge in [0, 0.05) is 42.2 Å². The Kier molecular flexibility index (Phi) is 5.13. The molecule has 28 heavy (non-hydrogen) atoms. The van der Waals surface area contributed by atoms with Gasteiger partial charge in [0.25, 0.3) is 5.91 Å². The van der Waals surface area contributed by atoms with Crippen molar-refractivity contribution < 1.29 is 9.53 Å². The minimum atomic E-state index is -0.0929. The number of aryl methyl sites for hydroxylation is 1. The van der Waals surface area contributed by atoms with Gasteiger partial charge in [0.15, 0.2) is 5.71 Å². The molecule has 6 heteroatoms. The molecule has 0 radical (unpaired) electrons. The number of ether oxygens (including phenoxy) is 1. The Hall–Kier alpha value is -2.73. The van der Waals surface area contributed by atoms with Gasteiger partial charge in [0.05, 0.1) is 18.0 Å². The van der Waals surface area contributed by atoms with Crippen molar-refractivity contribution in [2.75, 3.05) is 18.1 Å². The summed E-state index contributed by atoms with van der Waals surface area (Å²) < 4.78 is 8.05. The van der Waals surface area contributed by atoms with E-state index in [4.69, 9.17) is 4.74 Å². The van der Waals surface area contributed by atoms with Gasteiger partial charge >= 0.3 is 0 Å². The smallest absolute Gasteiger partial charge is 0.279 e. The van der Waals surface area contributed by atoms with Crippen molar-refractivity contribution in [1.29, 1.82) is 0 Å². The van der Waals surface area contributed by atoms with E-state index >= 15 is 0 Å². The van der Waals surface area contributed by atoms with E-state index in [2.05, 4.69) is 34.7 Å². The molecule has 2 aliphatic rings. The molecule has 4 rings (SSSR count). The molecular weight excluding hydrogens is 352 g/mol. The molecule has 6 nitrogen and oxygen atoms in total. The third kappa shape index (κ3) is 3.29. The van der Waals surface area contributed by atoms with Crippen LogP contribution in [0, 0.1) is 13.8 Å². The molecular formula is C22H26N4O2. The molecule has 3 heterocycles. The molecule has 1 aromatic carbocycles. The predicted molar refractivity (Wildman–Crippen MR) is 111 cm³/mol. The maximum atomic E-state index is 12.7. The van der Waals surface area contributed by atoms with Crippen molar-refractivity contribution in [3.05, 3.63) is 52.8 Å². The standard InChI is InChI=1S/C22H26N4O2/c1-4-25-20-10-6-5-9-19(20)21(22(25)27)24-23-13-17-12-15(2)26(16(17)3)14-18-8-7-11-28-18/h5-6,9-10,12-13,18H,4,7-8,11,14H2,1-3H3/b23-13-,24-21+/t18-/m1/s1. The second kappa shape index (κ2) is 7.72. The lowest BCUT2D eigenvalue weighted by atomic mass is 10.1. The third-order valence-electron chi connectivity index (χ3n) is 5.59. The number of hydrogen-bond acceptors (Lipinski definition) is 4. The molecule has 0 unspecified atom stereocenters. The molecule has 0 bridgehead atoms. The molecule has 0 spiro atoms. The highest BCUT2D eigenvalue weighted by Crippen LogP contribution is 2.28. The summed E-state index contributed by atoms with van der Waals surface area (Å²) in [5, 5.41) is 8.54. The lowest BCUT2D eigenvalue weighted by Crippen LogP contribution is -2.29. The summed E-state index contributed by atoms with van der Waals surface area (Å²) in [6, 6.07) is 9.83. The fourth-order valence-corrected chi connectivity index (χ4v) is 4.05. The van der Waals surface area contributed by atoms with E-state index in [-0.39, 0.29) is 5.91 Å². The molecule has 146 valence electrons. The highest BCUT2D eigenvalue weighted by molar-refractivity contribution is 6.54. The van der Waals surface area contributed by atoms with Crippen LogP contribution in [0.15, 0.2) is 40.5 Å². The number of amides is 1. The number of likely N-dealkylation sites (N-methyl/N-ethyl adjacent to an activating group) is 1. The fraction of sp³-hybridized carbons (Fsp3) is 0.409. The highest BCUT2D eigenvalue weighted by atomic mass is 16.5. The van der Waals surface area contributed by atoms with Crippen molar-refractivity contribution in [1.82, 2.24) is 4.57 Å². The first kappa shape index (κ1) is 18.6. The van der Waals surface area contributed by atoms with Gasteiger partial charge in [0.1, 0.15) is 0 Å². The third-order valence-corrected chi connectivity index (χ3v) is 5.59. The summed E-state index contributed by atoms with van der Waals surface area (Å²) in [5.74, 6) is -0.0929. The average molecular weight is 378 g/mol. The monoisotopic (exact) mass is 378 g/mol. The normalized spacial score (nSPS) is 20.7. The van der Waals surface area contributed by atoms with Crippen LogP contribution in [-0.4, -0.2) is 41.7 Å². The molecule has 1 saturated heterocycles. The minimum Gasteiger partial charge on any atom is -0.376 e. The van der Waals surface area contributed by atoms with Gasteiger partial charge in [0.2, 0.25) is 0 Å². The zero-order chi connectivity index (χ0) is 19.7. The quantitative estimate of drug-likeness (QED) is 0.591. The van der Waals surface area contributed by atoms with Crippen LogP contribution in [0.3, 0.4) is 0 Å². The number of carbonyl (C=O) groups is 1. The molecule has 1 fully saturated rings. The molecule has 1 amide bonds. The number of hydrogen-bond donors (Lipinski definition) is 0. The summed E-state index contributed by atoms with van der Waals surface area (Å²) in [6.07, 6.45) is 4.29. The summed E-state index contributed by atoms with van der Waals surface area (Å²) in [5.41, 5.74) is 5.49. The first-order chi connectivity index (χ1) is 13.6. The molecule has 0 aliphatic carbocycles. The van der Waals surface area contributed by atoms with Gasteiger partial charge in [-0.05, 0) is 45.7 Å². The number of carbonyl (C=O) groups excluding carboxylic acids is 1. The second-order valence-corrected chi connectivity index (χ2v) is 7.33. The van der Waals surface area contributed by atoms with Crippen molar-refractivity contribution in [3.8, 4) is 0 Å². The maximum absolute atomic E-state index is 12.7. The highest BCUT2D eigenvalue weighted by Gasteiger charge is 2.32. The number of aromatic nitrogens is 1. The largest absolute Gasteiger partial charge is 0.376 e. The minimum absolute atomic E-state index is 0.0929. The van der Waals surface area contributed by atoms with Crippen molar-refractivity contribution in [3.63, 3.8) is 0 Å². The number of fused-ring (bicyclic) bond motifs is 1. The Morgan fingerprint density at radius 1 is 1.29 bits per heavy atom. The number of nitrogens with zero attached hydrogens (tertiary/aromatic N) is 4. The van der Waals surface area contributed by atoms with E-state index < -0.39 is 0 Å². The van der Waals surface area contributed by atoms with E-state index in [1.807, 2.05) is 31.2 Å². The lowest BCUT2D eigenvalue weighted by molar-refractivity contribution is -0.112. The Labute approximate surface area is 165 Å². The van der Waals surface area contributed by atoms with Crippen LogP contribution in [0.1, 0.15) is 42.3 Å². The maximum Gasteiger partial charge on any atom is 0.279 e. The van der Waals surface area contributed by atoms with Crippen LogP contribution in [0.5, 0.6) is 0 Å². The average Bonchev–Trinajstić information content (AvgIpc) is 3.37. The number of para-hydroxylation sites is 1. The van der Waals surface area contributed by atoms with E-state index in [0.29, 0.717) is 18.4 Å². The van der Waals surface area contributed by atoms with Crippen LogP contribution in [0.4, 0.5) is 5.69 Å². The van der Waals surface area contributed by atoms with E-state index in [1.54, 1.807) is 11.1 Å². The van der Waals surface area contributed by atoms with Gasteiger partial charge in [-0.1, -0.05) is 18.2 Å².